The van der Waals surface area contributed by atoms with Crippen molar-refractivity contribution in [1.82, 2.24) is 0 Å². The number of hydrogen-bond donors (Lipinski definition) is 0. The molecule has 4 nitrogen and oxygen atoms in total. The van der Waals surface area contributed by atoms with Gasteiger partial charge in [0.2, 0.25) is 0 Å². The van der Waals surface area contributed by atoms with Gasteiger partial charge < -0.3 is 14.2 Å². The van der Waals surface area contributed by atoms with Crippen LogP contribution in [0.1, 0.15) is 32.1 Å². The van der Waals surface area contributed by atoms with Crippen LogP contribution < -0.4 is 0 Å². The van der Waals surface area contributed by atoms with Crippen molar-refractivity contribution in [3.05, 3.63) is 0 Å². The molecule has 1 saturated carbocycles. The molecule has 0 aromatic carbocycles. The molecule has 0 N–H and O–H groups in total. The minimum Gasteiger partial charge on any atom is -0.382 e. The molecule has 0 saturated heterocycles. The number of carbonyl (C=O) groups excluding carboxylic acids is 1. The Labute approximate surface area is 104 Å². The van der Waals surface area contributed by atoms with Gasteiger partial charge in [-0.3, -0.25) is 4.79 Å². The Hall–Kier alpha value is -0.450. The molecule has 0 spiro atoms. The van der Waals surface area contributed by atoms with E-state index in [1.54, 1.807) is 7.11 Å². The molecule has 0 radical (unpaired) electrons. The molecule has 0 unspecified atom stereocenters. The summed E-state index contributed by atoms with van der Waals surface area (Å²) >= 11 is 0. The normalized spacial score (nSPS) is 16.5. The Morgan fingerprint density at radius 1 is 1.06 bits per heavy atom. The Balaban J connectivity index is 1.85. The van der Waals surface area contributed by atoms with E-state index in [1.807, 2.05) is 0 Å². The van der Waals surface area contributed by atoms with Gasteiger partial charge in [-0.25, -0.2) is 0 Å². The number of ketones is 1. The molecule has 0 aliphatic heterocycles. The van der Waals surface area contributed by atoms with Gasteiger partial charge in [-0.1, -0.05) is 12.8 Å². The van der Waals surface area contributed by atoms with Crippen LogP contribution in [-0.4, -0.2) is 45.9 Å². The summed E-state index contributed by atoms with van der Waals surface area (Å²) in [6.07, 6.45) is 5.35. The van der Waals surface area contributed by atoms with E-state index in [-0.39, 0.29) is 18.3 Å². The second kappa shape index (κ2) is 9.57. The Bertz CT molecular complexity index is 200. The number of methoxy groups -OCH3 is 1. The maximum atomic E-state index is 11.6. The second-order valence-corrected chi connectivity index (χ2v) is 4.46. The molecule has 1 fully saturated rings. The first-order chi connectivity index (χ1) is 8.34. The van der Waals surface area contributed by atoms with Crippen LogP contribution in [0.2, 0.25) is 0 Å². The fourth-order valence-corrected chi connectivity index (χ4v) is 2.05. The Morgan fingerprint density at radius 2 is 1.76 bits per heavy atom. The van der Waals surface area contributed by atoms with Crippen molar-refractivity contribution in [1.29, 1.82) is 0 Å². The van der Waals surface area contributed by atoms with E-state index in [9.17, 15) is 4.79 Å². The summed E-state index contributed by atoms with van der Waals surface area (Å²) in [5.74, 6) is 0.552. The SMILES string of the molecule is COCCOCCCOCC(=O)C1CCCC1. The maximum Gasteiger partial charge on any atom is 0.161 e. The van der Waals surface area contributed by atoms with E-state index in [1.165, 1.54) is 12.8 Å². The highest BCUT2D eigenvalue weighted by Gasteiger charge is 2.22. The van der Waals surface area contributed by atoms with Crippen molar-refractivity contribution in [2.45, 2.75) is 32.1 Å². The lowest BCUT2D eigenvalue weighted by Crippen LogP contribution is -2.18. The summed E-state index contributed by atoms with van der Waals surface area (Å²) < 4.78 is 15.5. The molecule has 4 heteroatoms. The fraction of sp³-hybridized carbons (Fsp3) is 0.923. The third-order valence-corrected chi connectivity index (χ3v) is 3.06. The molecule has 0 amide bonds. The summed E-state index contributed by atoms with van der Waals surface area (Å²) in [4.78, 5) is 11.6. The topological polar surface area (TPSA) is 44.8 Å². The van der Waals surface area contributed by atoms with Gasteiger partial charge in [0.15, 0.2) is 5.78 Å². The van der Waals surface area contributed by atoms with Crippen molar-refractivity contribution in [2.75, 3.05) is 40.1 Å². The van der Waals surface area contributed by atoms with Crippen LogP contribution in [0.3, 0.4) is 0 Å². The molecular formula is C13H24O4. The van der Waals surface area contributed by atoms with Crippen LogP contribution >= 0.6 is 0 Å². The summed E-state index contributed by atoms with van der Waals surface area (Å²) in [7, 11) is 1.65. The van der Waals surface area contributed by atoms with E-state index in [0.717, 1.165) is 19.3 Å². The molecule has 100 valence electrons. The van der Waals surface area contributed by atoms with E-state index < -0.39 is 0 Å². The summed E-state index contributed by atoms with van der Waals surface area (Å²) in [5, 5.41) is 0. The third kappa shape index (κ3) is 6.76. The minimum absolute atomic E-state index is 0.271. The van der Waals surface area contributed by atoms with Gasteiger partial charge in [-0.05, 0) is 19.3 Å². The van der Waals surface area contributed by atoms with Crippen molar-refractivity contribution < 1.29 is 19.0 Å². The first-order valence-electron chi connectivity index (χ1n) is 6.51. The molecule has 17 heavy (non-hydrogen) atoms. The molecule has 0 atom stereocenters. The zero-order valence-electron chi connectivity index (χ0n) is 10.8. The number of hydrogen-bond acceptors (Lipinski definition) is 4. The number of ether oxygens (including phenoxy) is 3. The van der Waals surface area contributed by atoms with E-state index in [0.29, 0.717) is 26.4 Å². The lowest BCUT2D eigenvalue weighted by Gasteiger charge is -2.08. The Kier molecular flexibility index (Phi) is 8.22. The zero-order valence-corrected chi connectivity index (χ0v) is 10.8. The number of rotatable bonds is 10. The van der Waals surface area contributed by atoms with Gasteiger partial charge in [0.05, 0.1) is 13.2 Å². The summed E-state index contributed by atoms with van der Waals surface area (Å²) in [5.41, 5.74) is 0. The van der Waals surface area contributed by atoms with Crippen LogP contribution in [0.4, 0.5) is 0 Å². The Morgan fingerprint density at radius 3 is 2.47 bits per heavy atom. The minimum atomic E-state index is 0.271. The highest BCUT2D eigenvalue weighted by molar-refractivity contribution is 5.82. The van der Waals surface area contributed by atoms with Crippen LogP contribution in [-0.2, 0) is 19.0 Å². The third-order valence-electron chi connectivity index (χ3n) is 3.06. The van der Waals surface area contributed by atoms with Crippen LogP contribution in [0.25, 0.3) is 0 Å². The maximum absolute atomic E-state index is 11.6. The highest BCUT2D eigenvalue weighted by atomic mass is 16.5. The summed E-state index contributed by atoms with van der Waals surface area (Å²) in [6, 6.07) is 0. The standard InChI is InChI=1S/C13H24O4/c1-15-9-10-16-7-4-8-17-11-13(14)12-5-2-3-6-12/h12H,2-11H2,1H3. The predicted molar refractivity (Wildman–Crippen MR) is 65.1 cm³/mol. The van der Waals surface area contributed by atoms with E-state index in [4.69, 9.17) is 14.2 Å². The predicted octanol–water partition coefficient (Wildman–Crippen LogP) is 1.82. The lowest BCUT2D eigenvalue weighted by molar-refractivity contribution is -0.127. The average Bonchev–Trinajstić information content (AvgIpc) is 2.86. The van der Waals surface area contributed by atoms with Crippen LogP contribution in [0, 0.1) is 5.92 Å². The smallest absolute Gasteiger partial charge is 0.161 e. The van der Waals surface area contributed by atoms with Crippen molar-refractivity contribution in [3.8, 4) is 0 Å². The molecule has 1 rings (SSSR count). The largest absolute Gasteiger partial charge is 0.382 e. The fourth-order valence-electron chi connectivity index (χ4n) is 2.05. The van der Waals surface area contributed by atoms with Gasteiger partial charge in [-0.15, -0.1) is 0 Å². The number of carbonyl (C=O) groups is 1. The lowest BCUT2D eigenvalue weighted by atomic mass is 10.0. The molecule has 1 aliphatic rings. The first-order valence-corrected chi connectivity index (χ1v) is 6.51. The van der Waals surface area contributed by atoms with Gasteiger partial charge in [0.1, 0.15) is 6.61 Å². The molecule has 0 aromatic heterocycles. The van der Waals surface area contributed by atoms with Gasteiger partial charge in [0, 0.05) is 26.2 Å². The first kappa shape index (κ1) is 14.6. The van der Waals surface area contributed by atoms with Crippen molar-refractivity contribution >= 4 is 5.78 Å². The van der Waals surface area contributed by atoms with Crippen molar-refractivity contribution in [2.24, 2.45) is 5.92 Å². The van der Waals surface area contributed by atoms with E-state index >= 15 is 0 Å². The van der Waals surface area contributed by atoms with Gasteiger partial charge >= 0.3 is 0 Å². The zero-order chi connectivity index (χ0) is 12.3. The van der Waals surface area contributed by atoms with E-state index in [2.05, 4.69) is 0 Å². The van der Waals surface area contributed by atoms with Gasteiger partial charge in [0.25, 0.3) is 0 Å². The van der Waals surface area contributed by atoms with Crippen LogP contribution in [0.15, 0.2) is 0 Å². The summed E-state index contributed by atoms with van der Waals surface area (Å²) in [6.45, 7) is 2.80. The van der Waals surface area contributed by atoms with Crippen LogP contribution in [0.5, 0.6) is 0 Å². The number of Topliss-reactive ketones (excluding diaryl/α,β-unsaturated/α-hetero) is 1. The van der Waals surface area contributed by atoms with Gasteiger partial charge in [-0.2, -0.15) is 0 Å². The molecule has 0 aromatic rings. The quantitative estimate of drug-likeness (QED) is 0.550. The molecule has 0 bridgehead atoms. The molecular weight excluding hydrogens is 220 g/mol. The van der Waals surface area contributed by atoms with Crippen molar-refractivity contribution in [3.63, 3.8) is 0 Å². The molecule has 1 aliphatic carbocycles. The molecule has 0 heterocycles. The monoisotopic (exact) mass is 244 g/mol. The highest BCUT2D eigenvalue weighted by Crippen LogP contribution is 2.25. The second-order valence-electron chi connectivity index (χ2n) is 4.46. The average molecular weight is 244 g/mol.